The highest BCUT2D eigenvalue weighted by Gasteiger charge is 2.04. The number of rotatable bonds is 4. The number of pyridine rings is 1. The van der Waals surface area contributed by atoms with Crippen molar-refractivity contribution in [3.05, 3.63) is 30.5 Å². The van der Waals surface area contributed by atoms with Gasteiger partial charge in [0, 0.05) is 7.05 Å². The first-order valence-corrected chi connectivity index (χ1v) is 5.73. The molecular weight excluding hydrogens is 236 g/mol. The molecule has 0 aliphatic carbocycles. The number of alkyl halides is 2. The molecular formula is C13H21F2N3. The Morgan fingerprint density at radius 1 is 1.50 bits per heavy atom. The van der Waals surface area contributed by atoms with Crippen molar-refractivity contribution in [3.63, 3.8) is 0 Å². The molecule has 1 rings (SSSR count). The Labute approximate surface area is 107 Å². The lowest BCUT2D eigenvalue weighted by Gasteiger charge is -2.09. The van der Waals surface area contributed by atoms with Crippen LogP contribution in [0, 0.1) is 5.92 Å². The van der Waals surface area contributed by atoms with Crippen molar-refractivity contribution in [2.24, 2.45) is 5.92 Å². The first-order chi connectivity index (χ1) is 8.40. The van der Waals surface area contributed by atoms with Crippen LogP contribution in [-0.4, -0.2) is 18.5 Å². The second-order valence-electron chi connectivity index (χ2n) is 4.19. The normalized spacial score (nSPS) is 9.94. The molecule has 1 heterocycles. The number of hydrogen-bond donors (Lipinski definition) is 2. The summed E-state index contributed by atoms with van der Waals surface area (Å²) in [6.45, 7) is 7.15. The number of allylic oxidation sites excluding steroid dienone is 1. The van der Waals surface area contributed by atoms with Crippen molar-refractivity contribution in [1.82, 2.24) is 4.98 Å². The monoisotopic (exact) mass is 257 g/mol. The quantitative estimate of drug-likeness (QED) is 0.813. The van der Waals surface area contributed by atoms with Gasteiger partial charge in [0.15, 0.2) is 0 Å². The van der Waals surface area contributed by atoms with Crippen LogP contribution in [0.15, 0.2) is 24.9 Å². The van der Waals surface area contributed by atoms with Crippen molar-refractivity contribution in [2.75, 3.05) is 18.1 Å². The maximum absolute atomic E-state index is 10.6. The van der Waals surface area contributed by atoms with Crippen LogP contribution in [-0.2, 0) is 6.42 Å². The zero-order chi connectivity index (χ0) is 14.1. The number of halogens is 2. The predicted octanol–water partition coefficient (Wildman–Crippen LogP) is 3.34. The molecule has 0 amide bonds. The summed E-state index contributed by atoms with van der Waals surface area (Å²) in [5.41, 5.74) is 7.90. The number of nitrogens with one attached hydrogen (secondary N) is 1. The highest BCUT2D eigenvalue weighted by molar-refractivity contribution is 5.51. The van der Waals surface area contributed by atoms with Crippen LogP contribution in [0.25, 0.3) is 0 Å². The molecule has 0 spiro atoms. The zero-order valence-corrected chi connectivity index (χ0v) is 11.1. The molecule has 1 aromatic heterocycles. The van der Waals surface area contributed by atoms with Crippen LogP contribution in [0.3, 0.4) is 0 Å². The Bertz CT molecular complexity index is 365. The van der Waals surface area contributed by atoms with Crippen molar-refractivity contribution in [1.29, 1.82) is 0 Å². The summed E-state index contributed by atoms with van der Waals surface area (Å²) in [4.78, 5) is 4.12. The van der Waals surface area contributed by atoms with E-state index in [1.54, 1.807) is 6.20 Å². The molecule has 0 aliphatic heterocycles. The average Bonchev–Trinajstić information content (AvgIpc) is 2.32. The van der Waals surface area contributed by atoms with Crippen LogP contribution in [0.5, 0.6) is 0 Å². The highest BCUT2D eigenvalue weighted by Crippen LogP contribution is 2.17. The molecule has 5 heteroatoms. The molecule has 0 unspecified atom stereocenters. The largest absolute Gasteiger partial charge is 0.387 e. The summed E-state index contributed by atoms with van der Waals surface area (Å²) >= 11 is 0. The van der Waals surface area contributed by atoms with E-state index in [0.717, 1.165) is 17.7 Å². The van der Waals surface area contributed by atoms with Gasteiger partial charge in [-0.1, -0.05) is 20.4 Å². The molecule has 0 radical (unpaired) electrons. The van der Waals surface area contributed by atoms with Crippen molar-refractivity contribution in [2.45, 2.75) is 26.7 Å². The van der Waals surface area contributed by atoms with Gasteiger partial charge in [-0.15, -0.1) is 0 Å². The third kappa shape index (κ3) is 6.83. The summed E-state index contributed by atoms with van der Waals surface area (Å²) in [5.74, 6) is 1.25. The maximum atomic E-state index is 10.6. The molecule has 0 fully saturated rings. The van der Waals surface area contributed by atoms with Gasteiger partial charge in [0.1, 0.15) is 5.82 Å². The third-order valence-corrected chi connectivity index (χ3v) is 2.10. The van der Waals surface area contributed by atoms with Crippen LogP contribution in [0.1, 0.15) is 19.4 Å². The van der Waals surface area contributed by atoms with E-state index in [9.17, 15) is 8.78 Å². The highest BCUT2D eigenvalue weighted by atomic mass is 19.3. The van der Waals surface area contributed by atoms with Gasteiger partial charge in [0.25, 0.3) is 6.43 Å². The second-order valence-corrected chi connectivity index (χ2v) is 4.19. The van der Waals surface area contributed by atoms with Gasteiger partial charge in [0.2, 0.25) is 0 Å². The maximum Gasteiger partial charge on any atom is 0.256 e. The lowest BCUT2D eigenvalue weighted by atomic mass is 10.0. The van der Waals surface area contributed by atoms with Gasteiger partial charge in [-0.3, -0.25) is 0 Å². The second kappa shape index (κ2) is 8.44. The Hall–Kier alpha value is -1.65. The molecule has 3 nitrogen and oxygen atoms in total. The Morgan fingerprint density at radius 3 is 2.44 bits per heavy atom. The van der Waals surface area contributed by atoms with Gasteiger partial charge in [-0.2, -0.15) is 0 Å². The van der Waals surface area contributed by atoms with E-state index in [0.29, 0.717) is 17.8 Å². The van der Waals surface area contributed by atoms with E-state index in [4.69, 9.17) is 5.73 Å². The van der Waals surface area contributed by atoms with Gasteiger partial charge >= 0.3 is 0 Å². The van der Waals surface area contributed by atoms with Gasteiger partial charge < -0.3 is 11.1 Å². The predicted molar refractivity (Wildman–Crippen MR) is 72.9 cm³/mol. The van der Waals surface area contributed by atoms with Crippen molar-refractivity contribution >= 4 is 11.5 Å². The molecule has 0 aliphatic rings. The molecule has 102 valence electrons. The summed E-state index contributed by atoms with van der Waals surface area (Å²) in [6, 6.07) is 2.06. The molecule has 18 heavy (non-hydrogen) atoms. The Morgan fingerprint density at radius 2 is 2.06 bits per heavy atom. The SMILES string of the molecule is C=CC(F)F.CNc1cnc(N)c(CC(C)C)c1. The number of nitrogens with two attached hydrogens (primary N) is 1. The van der Waals surface area contributed by atoms with E-state index in [1.165, 1.54) is 0 Å². The summed E-state index contributed by atoms with van der Waals surface area (Å²) in [7, 11) is 1.88. The fraction of sp³-hybridized carbons (Fsp3) is 0.462. The molecule has 0 atom stereocenters. The standard InChI is InChI=1S/C10H17N3.C3H4F2/c1-7(2)4-8-5-9(12-3)6-13-10(8)11;1-2-3(4)5/h5-7,12H,4H2,1-3H3,(H2,11,13);2-3H,1H2. The molecule has 0 aromatic carbocycles. The average molecular weight is 257 g/mol. The van der Waals surface area contributed by atoms with E-state index in [1.807, 2.05) is 7.05 Å². The summed E-state index contributed by atoms with van der Waals surface area (Å²) in [6.07, 6.45) is 0.961. The van der Waals surface area contributed by atoms with Gasteiger partial charge in [-0.25, -0.2) is 13.8 Å². The molecule has 0 bridgehead atoms. The van der Waals surface area contributed by atoms with E-state index < -0.39 is 6.43 Å². The number of nitrogen functional groups attached to an aromatic ring is 1. The lowest BCUT2D eigenvalue weighted by molar-refractivity contribution is 0.204. The smallest absolute Gasteiger partial charge is 0.256 e. The summed E-state index contributed by atoms with van der Waals surface area (Å²) < 4.78 is 21.3. The van der Waals surface area contributed by atoms with E-state index in [2.05, 4.69) is 36.8 Å². The van der Waals surface area contributed by atoms with Gasteiger partial charge in [0.05, 0.1) is 11.9 Å². The zero-order valence-electron chi connectivity index (χ0n) is 11.1. The van der Waals surface area contributed by atoms with Crippen molar-refractivity contribution in [3.8, 4) is 0 Å². The number of anilines is 2. The van der Waals surface area contributed by atoms with Crippen LogP contribution in [0.2, 0.25) is 0 Å². The molecule has 0 saturated heterocycles. The minimum atomic E-state index is -2.35. The minimum Gasteiger partial charge on any atom is -0.387 e. The fourth-order valence-electron chi connectivity index (χ4n) is 1.26. The summed E-state index contributed by atoms with van der Waals surface area (Å²) in [5, 5.41) is 3.05. The molecule has 3 N–H and O–H groups in total. The van der Waals surface area contributed by atoms with Crippen molar-refractivity contribution < 1.29 is 8.78 Å². The molecule has 0 saturated carbocycles. The van der Waals surface area contributed by atoms with Crippen LogP contribution < -0.4 is 11.1 Å². The first-order valence-electron chi connectivity index (χ1n) is 5.73. The van der Waals surface area contributed by atoms with Crippen LogP contribution in [0.4, 0.5) is 20.3 Å². The van der Waals surface area contributed by atoms with Crippen LogP contribution >= 0.6 is 0 Å². The van der Waals surface area contributed by atoms with E-state index >= 15 is 0 Å². The van der Waals surface area contributed by atoms with E-state index in [-0.39, 0.29) is 0 Å². The number of hydrogen-bond acceptors (Lipinski definition) is 3. The Balaban J connectivity index is 0.000000494. The third-order valence-electron chi connectivity index (χ3n) is 2.10. The Kier molecular flexibility index (Phi) is 7.67. The topological polar surface area (TPSA) is 50.9 Å². The number of aromatic nitrogens is 1. The number of nitrogens with zero attached hydrogens (tertiary/aromatic N) is 1. The van der Waals surface area contributed by atoms with Gasteiger partial charge in [-0.05, 0) is 30.0 Å². The first kappa shape index (κ1) is 16.4. The minimum absolute atomic E-state index is 0.583. The fourth-order valence-corrected chi connectivity index (χ4v) is 1.26. The lowest BCUT2D eigenvalue weighted by Crippen LogP contribution is -2.03. The molecule has 1 aromatic rings.